The number of carbonyl (C=O) groups excluding carboxylic acids is 1. The summed E-state index contributed by atoms with van der Waals surface area (Å²) in [4.78, 5) is 11.2. The van der Waals surface area contributed by atoms with Crippen LogP contribution >= 0.6 is 0 Å². The summed E-state index contributed by atoms with van der Waals surface area (Å²) in [7, 11) is 2.86. The molecule has 0 spiro atoms. The van der Waals surface area contributed by atoms with Crippen molar-refractivity contribution in [2.24, 2.45) is 0 Å². The van der Waals surface area contributed by atoms with Crippen LogP contribution in [0.15, 0.2) is 24.4 Å². The molecule has 0 saturated heterocycles. The lowest BCUT2D eigenvalue weighted by Gasteiger charge is -2.34. The van der Waals surface area contributed by atoms with Crippen LogP contribution in [-0.2, 0) is 0 Å². The molecule has 1 aliphatic rings. The number of carboxylic acids is 1. The summed E-state index contributed by atoms with van der Waals surface area (Å²) < 4.78 is 51.4. The Morgan fingerprint density at radius 1 is 1.31 bits per heavy atom. The molecule has 26 heavy (non-hydrogen) atoms. The second-order valence-corrected chi connectivity index (χ2v) is 5.74. The highest BCUT2D eigenvalue weighted by atomic mass is 19.4. The van der Waals surface area contributed by atoms with Gasteiger partial charge in [-0.05, 0) is 17.7 Å². The number of benzene rings is 1. The first kappa shape index (κ1) is 17.9. The molecule has 0 saturated carbocycles. The fourth-order valence-corrected chi connectivity index (χ4v) is 3.00. The van der Waals surface area contributed by atoms with E-state index in [1.807, 2.05) is 0 Å². The summed E-state index contributed by atoms with van der Waals surface area (Å²) in [5.74, 6) is -1.06. The second-order valence-electron chi connectivity index (χ2n) is 5.74. The number of halogens is 3. The minimum atomic E-state index is -4.60. The second kappa shape index (κ2) is 6.43. The largest absolute Gasteiger partial charge is 0.545 e. The molecule has 2 atom stereocenters. The van der Waals surface area contributed by atoms with Crippen LogP contribution in [0, 0.1) is 0 Å². The molecular formula is C16H15F3N3O4-. The number of ether oxygens (including phenoxy) is 2. The fourth-order valence-electron chi connectivity index (χ4n) is 3.00. The molecule has 3 rings (SSSR count). The molecule has 1 aromatic carbocycles. The van der Waals surface area contributed by atoms with E-state index in [-0.39, 0.29) is 12.2 Å². The third kappa shape index (κ3) is 3.02. The first-order valence-electron chi connectivity index (χ1n) is 7.60. The van der Waals surface area contributed by atoms with E-state index in [1.54, 1.807) is 18.2 Å². The van der Waals surface area contributed by atoms with Crippen LogP contribution in [0.4, 0.5) is 19.0 Å². The van der Waals surface area contributed by atoms with Gasteiger partial charge in [-0.1, -0.05) is 6.07 Å². The Labute approximate surface area is 146 Å². The maximum Gasteiger partial charge on any atom is 0.410 e. The van der Waals surface area contributed by atoms with Crippen molar-refractivity contribution < 1.29 is 32.5 Å². The number of methoxy groups -OCH3 is 2. The van der Waals surface area contributed by atoms with Crippen LogP contribution in [0.5, 0.6) is 11.5 Å². The van der Waals surface area contributed by atoms with E-state index in [0.29, 0.717) is 21.7 Å². The number of aromatic nitrogens is 2. The Balaban J connectivity index is 2.05. The predicted molar refractivity (Wildman–Crippen MR) is 82.2 cm³/mol. The zero-order valence-electron chi connectivity index (χ0n) is 13.8. The van der Waals surface area contributed by atoms with Crippen molar-refractivity contribution in [3.05, 3.63) is 35.5 Å². The average Bonchev–Trinajstić information content (AvgIpc) is 3.03. The minimum absolute atomic E-state index is 0.238. The molecule has 0 amide bonds. The van der Waals surface area contributed by atoms with Gasteiger partial charge in [-0.3, -0.25) is 0 Å². The quantitative estimate of drug-likeness (QED) is 0.885. The topological polar surface area (TPSA) is 88.4 Å². The van der Waals surface area contributed by atoms with Gasteiger partial charge in [0.2, 0.25) is 0 Å². The Kier molecular flexibility index (Phi) is 4.43. The molecule has 1 N–H and O–H groups in total. The summed E-state index contributed by atoms with van der Waals surface area (Å²) in [6.07, 6.45) is -4.10. The zero-order chi connectivity index (χ0) is 19.1. The standard InChI is InChI=1S/C16H16F3N3O4/c1-25-11-4-3-8(5-12(11)26-2)10-6-13(16(17,18)19)22-14(21-10)9(7-20-22)15(23)24/h3-5,7,10,13,21H,6H2,1-2H3,(H,23,24)/p-1/t10-,13-/m0/s1. The van der Waals surface area contributed by atoms with Gasteiger partial charge in [-0.2, -0.15) is 18.3 Å². The third-order valence-electron chi connectivity index (χ3n) is 4.27. The van der Waals surface area contributed by atoms with Gasteiger partial charge in [-0.15, -0.1) is 0 Å². The summed E-state index contributed by atoms with van der Waals surface area (Å²) in [6, 6.07) is 1.95. The normalized spacial score (nSPS) is 19.4. The van der Waals surface area contributed by atoms with Gasteiger partial charge in [0.05, 0.1) is 38.0 Å². The molecule has 10 heteroatoms. The van der Waals surface area contributed by atoms with E-state index in [1.165, 1.54) is 14.2 Å². The Hall–Kier alpha value is -2.91. The summed E-state index contributed by atoms with van der Waals surface area (Å²) >= 11 is 0. The molecule has 0 aliphatic carbocycles. The SMILES string of the molecule is COc1ccc([C@@H]2C[C@@H](C(F)(F)F)n3ncc(C(=O)[O-])c3N2)cc1OC. The number of rotatable bonds is 4. The average molecular weight is 370 g/mol. The number of hydrogen-bond donors (Lipinski definition) is 1. The number of fused-ring (bicyclic) bond motifs is 1. The van der Waals surface area contributed by atoms with Crippen molar-refractivity contribution in [3.8, 4) is 11.5 Å². The zero-order valence-corrected chi connectivity index (χ0v) is 13.8. The van der Waals surface area contributed by atoms with E-state index < -0.39 is 29.8 Å². The predicted octanol–water partition coefficient (Wildman–Crippen LogP) is 1.92. The summed E-state index contributed by atoms with van der Waals surface area (Å²) in [6.45, 7) is 0. The number of carboxylic acid groups (broad SMARTS) is 1. The van der Waals surface area contributed by atoms with Gasteiger partial charge in [0.1, 0.15) is 5.82 Å². The number of hydrogen-bond acceptors (Lipinski definition) is 6. The lowest BCUT2D eigenvalue weighted by molar-refractivity contribution is -0.255. The van der Waals surface area contributed by atoms with E-state index in [9.17, 15) is 23.1 Å². The number of aromatic carboxylic acids is 1. The van der Waals surface area contributed by atoms with Crippen molar-refractivity contribution in [1.82, 2.24) is 9.78 Å². The van der Waals surface area contributed by atoms with Gasteiger partial charge < -0.3 is 24.7 Å². The Morgan fingerprint density at radius 3 is 2.58 bits per heavy atom. The molecule has 7 nitrogen and oxygen atoms in total. The highest BCUT2D eigenvalue weighted by Crippen LogP contribution is 2.45. The van der Waals surface area contributed by atoms with Crippen LogP contribution in [0.25, 0.3) is 0 Å². The van der Waals surface area contributed by atoms with Crippen LogP contribution < -0.4 is 19.9 Å². The first-order chi connectivity index (χ1) is 12.3. The van der Waals surface area contributed by atoms with Crippen molar-refractivity contribution in [2.45, 2.75) is 24.7 Å². The molecule has 0 unspecified atom stereocenters. The summed E-state index contributed by atoms with van der Waals surface area (Å²) in [5, 5.41) is 17.6. The molecule has 0 fully saturated rings. The number of nitrogens with one attached hydrogen (secondary N) is 1. The van der Waals surface area contributed by atoms with E-state index in [4.69, 9.17) is 9.47 Å². The molecule has 1 aliphatic heterocycles. The third-order valence-corrected chi connectivity index (χ3v) is 4.27. The van der Waals surface area contributed by atoms with Crippen LogP contribution in [0.2, 0.25) is 0 Å². The van der Waals surface area contributed by atoms with Crippen molar-refractivity contribution in [2.75, 3.05) is 19.5 Å². The molecule has 2 heterocycles. The smallest absolute Gasteiger partial charge is 0.410 e. The van der Waals surface area contributed by atoms with Crippen molar-refractivity contribution in [1.29, 1.82) is 0 Å². The minimum Gasteiger partial charge on any atom is -0.545 e. The molecular weight excluding hydrogens is 355 g/mol. The molecule has 0 radical (unpaired) electrons. The van der Waals surface area contributed by atoms with Gasteiger partial charge in [-0.25, -0.2) is 4.68 Å². The maximum atomic E-state index is 13.5. The molecule has 0 bridgehead atoms. The van der Waals surface area contributed by atoms with Crippen molar-refractivity contribution in [3.63, 3.8) is 0 Å². The lowest BCUT2D eigenvalue weighted by atomic mass is 9.96. The monoisotopic (exact) mass is 370 g/mol. The lowest BCUT2D eigenvalue weighted by Crippen LogP contribution is -2.36. The van der Waals surface area contributed by atoms with E-state index in [0.717, 1.165) is 6.20 Å². The number of alkyl halides is 3. The van der Waals surface area contributed by atoms with Gasteiger partial charge in [0.25, 0.3) is 0 Å². The number of nitrogens with zero attached hydrogens (tertiary/aromatic N) is 2. The van der Waals surface area contributed by atoms with Gasteiger partial charge in [0, 0.05) is 6.42 Å². The molecule has 1 aromatic heterocycles. The highest BCUT2D eigenvalue weighted by molar-refractivity contribution is 5.91. The van der Waals surface area contributed by atoms with E-state index in [2.05, 4.69) is 10.4 Å². The van der Waals surface area contributed by atoms with Crippen LogP contribution in [0.1, 0.15) is 34.4 Å². The number of carbonyl (C=O) groups is 1. The highest BCUT2D eigenvalue weighted by Gasteiger charge is 2.47. The van der Waals surface area contributed by atoms with Crippen LogP contribution in [0.3, 0.4) is 0 Å². The molecule has 140 valence electrons. The Bertz CT molecular complexity index is 835. The van der Waals surface area contributed by atoms with Crippen LogP contribution in [-0.4, -0.2) is 36.1 Å². The first-order valence-corrected chi connectivity index (χ1v) is 7.60. The van der Waals surface area contributed by atoms with Gasteiger partial charge in [0.15, 0.2) is 17.5 Å². The fraction of sp³-hybridized carbons (Fsp3) is 0.375. The maximum absolute atomic E-state index is 13.5. The van der Waals surface area contributed by atoms with Crippen molar-refractivity contribution >= 4 is 11.8 Å². The Morgan fingerprint density at radius 2 is 2.00 bits per heavy atom. The molecule has 2 aromatic rings. The summed E-state index contributed by atoms with van der Waals surface area (Å²) in [5.41, 5.74) is 0.0677. The number of anilines is 1. The van der Waals surface area contributed by atoms with Gasteiger partial charge >= 0.3 is 6.18 Å². The van der Waals surface area contributed by atoms with E-state index >= 15 is 0 Å².